The Morgan fingerprint density at radius 3 is 2.50 bits per heavy atom. The maximum Gasteiger partial charge on any atom is 0.125 e. The van der Waals surface area contributed by atoms with E-state index < -0.39 is 0 Å². The zero-order valence-corrected chi connectivity index (χ0v) is 11.2. The molecule has 0 aliphatic carbocycles. The Hall–Kier alpha value is -1.54. The number of hydrogen-bond donors (Lipinski definition) is 1. The van der Waals surface area contributed by atoms with Gasteiger partial charge < -0.3 is 5.32 Å². The molecule has 1 N–H and O–H groups in total. The lowest BCUT2D eigenvalue weighted by Gasteiger charge is -2.09. The Balaban J connectivity index is 2.11. The first-order valence-corrected chi connectivity index (χ1v) is 6.18. The van der Waals surface area contributed by atoms with Gasteiger partial charge in [0.15, 0.2) is 0 Å². The number of aryl methyl sites for hydroxylation is 2. The quantitative estimate of drug-likeness (QED) is 0.846. The zero-order valence-electron chi connectivity index (χ0n) is 10.4. The van der Waals surface area contributed by atoms with Gasteiger partial charge in [-0.3, -0.25) is 0 Å². The minimum Gasteiger partial charge on any atom is -0.381 e. The van der Waals surface area contributed by atoms with E-state index in [4.69, 9.17) is 11.6 Å². The molecular formula is C15H15ClFN. The molecule has 2 rings (SSSR count). The highest BCUT2D eigenvalue weighted by Crippen LogP contribution is 2.20. The van der Waals surface area contributed by atoms with Crippen molar-refractivity contribution < 1.29 is 4.39 Å². The van der Waals surface area contributed by atoms with Gasteiger partial charge in [0, 0.05) is 17.3 Å². The molecule has 2 aromatic rings. The number of benzene rings is 2. The summed E-state index contributed by atoms with van der Waals surface area (Å²) < 4.78 is 13.2. The Labute approximate surface area is 112 Å². The lowest BCUT2D eigenvalue weighted by atomic mass is 10.1. The first-order chi connectivity index (χ1) is 8.54. The molecule has 0 amide bonds. The topological polar surface area (TPSA) is 12.0 Å². The van der Waals surface area contributed by atoms with Crippen LogP contribution in [0.3, 0.4) is 0 Å². The maximum atomic E-state index is 13.2. The van der Waals surface area contributed by atoms with Crippen molar-refractivity contribution in [2.24, 2.45) is 0 Å². The molecule has 94 valence electrons. The molecule has 18 heavy (non-hydrogen) atoms. The Bertz CT molecular complexity index is 546. The molecule has 2 aromatic carbocycles. The molecule has 0 heterocycles. The van der Waals surface area contributed by atoms with Crippen LogP contribution < -0.4 is 5.32 Å². The maximum absolute atomic E-state index is 13.2. The van der Waals surface area contributed by atoms with E-state index in [0.29, 0.717) is 6.54 Å². The molecule has 0 bridgehead atoms. The Morgan fingerprint density at radius 2 is 1.83 bits per heavy atom. The molecule has 0 radical (unpaired) electrons. The van der Waals surface area contributed by atoms with Crippen molar-refractivity contribution in [3.8, 4) is 0 Å². The van der Waals surface area contributed by atoms with Gasteiger partial charge in [0.05, 0.1) is 0 Å². The summed E-state index contributed by atoms with van der Waals surface area (Å²) in [5.74, 6) is -0.229. The van der Waals surface area contributed by atoms with E-state index in [9.17, 15) is 4.39 Å². The summed E-state index contributed by atoms with van der Waals surface area (Å²) in [6.45, 7) is 4.45. The summed E-state index contributed by atoms with van der Waals surface area (Å²) in [4.78, 5) is 0. The molecule has 0 aliphatic rings. The van der Waals surface area contributed by atoms with Gasteiger partial charge in [-0.2, -0.15) is 0 Å². The van der Waals surface area contributed by atoms with E-state index in [-0.39, 0.29) is 5.82 Å². The lowest BCUT2D eigenvalue weighted by molar-refractivity contribution is 0.627. The second-order valence-corrected chi connectivity index (χ2v) is 4.87. The van der Waals surface area contributed by atoms with Crippen LogP contribution >= 0.6 is 11.6 Å². The van der Waals surface area contributed by atoms with E-state index in [1.807, 2.05) is 38.1 Å². The van der Waals surface area contributed by atoms with E-state index >= 15 is 0 Å². The third kappa shape index (κ3) is 3.23. The van der Waals surface area contributed by atoms with E-state index in [0.717, 1.165) is 27.4 Å². The van der Waals surface area contributed by atoms with Crippen LogP contribution in [0.4, 0.5) is 10.1 Å². The predicted molar refractivity (Wildman–Crippen MR) is 74.7 cm³/mol. The fraction of sp³-hybridized carbons (Fsp3) is 0.200. The van der Waals surface area contributed by atoms with Crippen molar-refractivity contribution in [3.05, 3.63) is 63.9 Å². The first kappa shape index (κ1) is 12.9. The summed E-state index contributed by atoms with van der Waals surface area (Å²) in [5.41, 5.74) is 3.80. The van der Waals surface area contributed by atoms with Gasteiger partial charge >= 0.3 is 0 Å². The predicted octanol–water partition coefficient (Wildman–Crippen LogP) is 4.71. The Kier molecular flexibility index (Phi) is 3.87. The molecule has 0 unspecified atom stereocenters. The van der Waals surface area contributed by atoms with Crippen LogP contribution in [0.1, 0.15) is 16.7 Å². The van der Waals surface area contributed by atoms with E-state index in [1.165, 1.54) is 12.1 Å². The molecule has 0 saturated carbocycles. The summed E-state index contributed by atoms with van der Waals surface area (Å²) in [6.07, 6.45) is 0. The third-order valence-corrected chi connectivity index (χ3v) is 3.09. The van der Waals surface area contributed by atoms with Crippen molar-refractivity contribution in [1.29, 1.82) is 0 Å². The fourth-order valence-corrected chi connectivity index (χ4v) is 2.13. The molecule has 0 aromatic heterocycles. The van der Waals surface area contributed by atoms with Crippen LogP contribution in [0, 0.1) is 19.7 Å². The van der Waals surface area contributed by atoms with Gasteiger partial charge in [-0.25, -0.2) is 4.39 Å². The second-order valence-electron chi connectivity index (χ2n) is 4.47. The highest BCUT2D eigenvalue weighted by molar-refractivity contribution is 6.31. The second kappa shape index (κ2) is 5.40. The van der Waals surface area contributed by atoms with Crippen molar-refractivity contribution in [1.82, 2.24) is 0 Å². The van der Waals surface area contributed by atoms with Gasteiger partial charge in [0.2, 0.25) is 0 Å². The normalized spacial score (nSPS) is 10.4. The van der Waals surface area contributed by atoms with E-state index in [2.05, 4.69) is 5.32 Å². The number of hydrogen-bond acceptors (Lipinski definition) is 1. The molecule has 0 spiro atoms. The van der Waals surface area contributed by atoms with Crippen LogP contribution in [0.2, 0.25) is 5.02 Å². The monoisotopic (exact) mass is 263 g/mol. The lowest BCUT2D eigenvalue weighted by Crippen LogP contribution is -2.01. The zero-order chi connectivity index (χ0) is 13.1. The highest BCUT2D eigenvalue weighted by Gasteiger charge is 2.02. The molecular weight excluding hydrogens is 249 g/mol. The van der Waals surface area contributed by atoms with E-state index in [1.54, 1.807) is 0 Å². The first-order valence-electron chi connectivity index (χ1n) is 5.81. The largest absolute Gasteiger partial charge is 0.381 e. The average Bonchev–Trinajstić information content (AvgIpc) is 2.26. The SMILES string of the molecule is Cc1cc(F)cc(NCc2ccc(C)cc2Cl)c1. The standard InChI is InChI=1S/C15H15ClFN/c1-10-3-4-12(15(16)7-10)9-18-14-6-11(2)5-13(17)8-14/h3-8,18H,9H2,1-2H3. The van der Waals surface area contributed by atoms with Crippen molar-refractivity contribution >= 4 is 17.3 Å². The number of nitrogens with one attached hydrogen (secondary N) is 1. The minimum absolute atomic E-state index is 0.229. The average molecular weight is 264 g/mol. The number of halogens is 2. The third-order valence-electron chi connectivity index (χ3n) is 2.73. The van der Waals surface area contributed by atoms with Crippen LogP contribution in [0.5, 0.6) is 0 Å². The van der Waals surface area contributed by atoms with Gasteiger partial charge in [0.1, 0.15) is 5.82 Å². The highest BCUT2D eigenvalue weighted by atomic mass is 35.5. The van der Waals surface area contributed by atoms with Gasteiger partial charge in [-0.1, -0.05) is 23.7 Å². The minimum atomic E-state index is -0.229. The van der Waals surface area contributed by atoms with Crippen molar-refractivity contribution in [3.63, 3.8) is 0 Å². The Morgan fingerprint density at radius 1 is 1.06 bits per heavy atom. The van der Waals surface area contributed by atoms with Crippen LogP contribution in [-0.2, 0) is 6.54 Å². The summed E-state index contributed by atoms with van der Waals surface area (Å²) in [7, 11) is 0. The van der Waals surface area contributed by atoms with Gasteiger partial charge in [-0.15, -0.1) is 0 Å². The molecule has 0 saturated heterocycles. The summed E-state index contributed by atoms with van der Waals surface area (Å²) >= 11 is 6.14. The summed E-state index contributed by atoms with van der Waals surface area (Å²) in [5, 5.41) is 3.91. The molecule has 1 nitrogen and oxygen atoms in total. The van der Waals surface area contributed by atoms with Gasteiger partial charge in [-0.05, 0) is 54.8 Å². The molecule has 0 aliphatic heterocycles. The molecule has 0 fully saturated rings. The van der Waals surface area contributed by atoms with Crippen molar-refractivity contribution in [2.45, 2.75) is 20.4 Å². The van der Waals surface area contributed by atoms with Crippen LogP contribution in [-0.4, -0.2) is 0 Å². The summed E-state index contributed by atoms with van der Waals surface area (Å²) in [6, 6.07) is 10.8. The van der Waals surface area contributed by atoms with Crippen molar-refractivity contribution in [2.75, 3.05) is 5.32 Å². The van der Waals surface area contributed by atoms with Gasteiger partial charge in [0.25, 0.3) is 0 Å². The van der Waals surface area contributed by atoms with Crippen LogP contribution in [0.15, 0.2) is 36.4 Å². The molecule has 3 heteroatoms. The number of anilines is 1. The number of rotatable bonds is 3. The van der Waals surface area contributed by atoms with Crippen LogP contribution in [0.25, 0.3) is 0 Å². The smallest absolute Gasteiger partial charge is 0.125 e. The fourth-order valence-electron chi connectivity index (χ4n) is 1.83. The molecule has 0 atom stereocenters.